The lowest BCUT2D eigenvalue weighted by Crippen LogP contribution is -2.15. The Labute approximate surface area is 232 Å². The molecule has 11 nitrogen and oxygen atoms in total. The largest absolute Gasteiger partial charge is 0.443 e. The molecule has 0 unspecified atom stereocenters. The molecule has 2 heterocycles. The van der Waals surface area contributed by atoms with Gasteiger partial charge in [-0.05, 0) is 43.7 Å². The Hall–Kier alpha value is -3.88. The summed E-state index contributed by atoms with van der Waals surface area (Å²) < 4.78 is 65.6. The second kappa shape index (κ2) is 13.5. The minimum atomic E-state index is -4.02. The van der Waals surface area contributed by atoms with Crippen LogP contribution in [0.15, 0.2) is 94.9 Å². The molecule has 0 fully saturated rings. The minimum absolute atomic E-state index is 0.0666. The van der Waals surface area contributed by atoms with Gasteiger partial charge in [-0.2, -0.15) is 26.6 Å². The van der Waals surface area contributed by atoms with E-state index in [-0.39, 0.29) is 16.4 Å². The Morgan fingerprint density at radius 2 is 1.32 bits per heavy atom. The van der Waals surface area contributed by atoms with E-state index in [1.165, 1.54) is 28.9 Å². The van der Waals surface area contributed by atoms with Crippen LogP contribution in [0, 0.1) is 13.8 Å². The molecule has 1 aliphatic heterocycles. The van der Waals surface area contributed by atoms with Gasteiger partial charge in [-0.15, -0.1) is 0 Å². The lowest BCUT2D eigenvalue weighted by atomic mass is 10.2. The third-order valence-electron chi connectivity index (χ3n) is 5.52. The molecule has 0 atom stereocenters. The number of rotatable bonds is 4. The van der Waals surface area contributed by atoms with Gasteiger partial charge in [0.25, 0.3) is 20.2 Å². The van der Waals surface area contributed by atoms with Gasteiger partial charge in [0, 0.05) is 24.8 Å². The van der Waals surface area contributed by atoms with Crippen LogP contribution in [-0.2, 0) is 44.7 Å². The van der Waals surface area contributed by atoms with Crippen molar-refractivity contribution in [3.05, 3.63) is 113 Å². The van der Waals surface area contributed by atoms with Gasteiger partial charge in [-0.3, -0.25) is 9.11 Å². The molecular formula is C27H29N3O8S2. The number of nitrogens with one attached hydrogen (secondary N) is 1. The first-order valence-electron chi connectivity index (χ1n) is 11.9. The van der Waals surface area contributed by atoms with Gasteiger partial charge in [0.2, 0.25) is 0 Å². The molecule has 212 valence electrons. The molecule has 0 amide bonds. The van der Waals surface area contributed by atoms with E-state index < -0.39 is 26.3 Å². The van der Waals surface area contributed by atoms with E-state index in [9.17, 15) is 21.6 Å². The quantitative estimate of drug-likeness (QED) is 0.295. The first kappa shape index (κ1) is 30.7. The number of carbonyl (C=O) groups excluding carboxylic acids is 1. The average molecular weight is 588 g/mol. The molecule has 5 rings (SSSR count). The molecule has 0 bridgehead atoms. The molecule has 13 heteroatoms. The Kier molecular flexibility index (Phi) is 10.3. The van der Waals surface area contributed by atoms with Crippen LogP contribution in [-0.4, -0.2) is 41.8 Å². The number of fused-ring (bicyclic) bond motifs is 1. The first-order chi connectivity index (χ1) is 18.8. The van der Waals surface area contributed by atoms with Crippen LogP contribution in [0.25, 0.3) is 0 Å². The molecule has 0 aliphatic carbocycles. The molecule has 0 radical (unpaired) electrons. The van der Waals surface area contributed by atoms with E-state index in [2.05, 4.69) is 10.4 Å². The van der Waals surface area contributed by atoms with Crippen LogP contribution >= 0.6 is 0 Å². The van der Waals surface area contributed by atoms with Crippen molar-refractivity contribution in [3.8, 4) is 0 Å². The maximum atomic E-state index is 11.8. The number of benzene rings is 3. The van der Waals surface area contributed by atoms with Crippen molar-refractivity contribution in [3.63, 3.8) is 0 Å². The van der Waals surface area contributed by atoms with Gasteiger partial charge in [0.05, 0.1) is 15.5 Å². The van der Waals surface area contributed by atoms with Gasteiger partial charge in [0.15, 0.2) is 0 Å². The van der Waals surface area contributed by atoms with Crippen LogP contribution in [0.1, 0.15) is 27.9 Å². The standard InChI is InChI=1S/C13H13N3O2.2C7H8O3S/c17-13(18-9-10-4-2-1-3-5-10)16-8-11-6-14-7-12(11)15-16;2*1-6-2-4-7(5-3-6)11(8,9)10/h1-5,8,14H,6-7,9H2;2*2-5H,1H3,(H,8,9,10). The molecule has 4 aromatic rings. The highest BCUT2D eigenvalue weighted by Crippen LogP contribution is 2.13. The van der Waals surface area contributed by atoms with Gasteiger partial charge in [-0.1, -0.05) is 65.7 Å². The normalized spacial score (nSPS) is 12.3. The number of nitrogens with zero attached hydrogens (tertiary/aromatic N) is 2. The van der Waals surface area contributed by atoms with Gasteiger partial charge in [0.1, 0.15) is 6.61 Å². The van der Waals surface area contributed by atoms with Crippen molar-refractivity contribution in [1.82, 2.24) is 15.1 Å². The maximum Gasteiger partial charge on any atom is 0.435 e. The Bertz CT molecular complexity index is 1540. The minimum Gasteiger partial charge on any atom is -0.443 e. The lowest BCUT2D eigenvalue weighted by molar-refractivity contribution is 0.137. The number of hydrogen-bond donors (Lipinski definition) is 3. The smallest absolute Gasteiger partial charge is 0.435 e. The third-order valence-corrected chi connectivity index (χ3v) is 7.25. The summed E-state index contributed by atoms with van der Waals surface area (Å²) in [5.41, 5.74) is 4.86. The fourth-order valence-corrected chi connectivity index (χ4v) is 4.32. The van der Waals surface area contributed by atoms with Crippen molar-refractivity contribution in [2.45, 2.75) is 43.3 Å². The van der Waals surface area contributed by atoms with E-state index in [0.717, 1.165) is 34.5 Å². The van der Waals surface area contributed by atoms with Crippen LogP contribution in [0.3, 0.4) is 0 Å². The van der Waals surface area contributed by atoms with Crippen molar-refractivity contribution >= 4 is 26.3 Å². The highest BCUT2D eigenvalue weighted by molar-refractivity contribution is 7.86. The summed E-state index contributed by atoms with van der Waals surface area (Å²) in [5.74, 6) is 0. The molecule has 0 spiro atoms. The summed E-state index contributed by atoms with van der Waals surface area (Å²) in [7, 11) is -8.04. The van der Waals surface area contributed by atoms with Crippen LogP contribution in [0.5, 0.6) is 0 Å². The predicted molar refractivity (Wildman–Crippen MR) is 147 cm³/mol. The Morgan fingerprint density at radius 3 is 1.77 bits per heavy atom. The number of ether oxygens (including phenoxy) is 1. The second-order valence-corrected chi connectivity index (χ2v) is 11.6. The summed E-state index contributed by atoms with van der Waals surface area (Å²) in [4.78, 5) is 11.6. The number of hydrogen-bond acceptors (Lipinski definition) is 8. The van der Waals surface area contributed by atoms with E-state index in [1.807, 2.05) is 44.2 Å². The number of aryl methyl sites for hydroxylation is 2. The Balaban J connectivity index is 0.000000175. The van der Waals surface area contributed by atoms with E-state index >= 15 is 0 Å². The fourth-order valence-electron chi connectivity index (χ4n) is 3.36. The molecular weight excluding hydrogens is 558 g/mol. The zero-order chi connectivity index (χ0) is 29.3. The van der Waals surface area contributed by atoms with E-state index in [1.54, 1.807) is 30.5 Å². The number of aromatic nitrogens is 2. The number of carbonyl (C=O) groups is 1. The van der Waals surface area contributed by atoms with Gasteiger partial charge < -0.3 is 10.1 Å². The summed E-state index contributed by atoms with van der Waals surface area (Å²) in [6.07, 6.45) is 1.29. The lowest BCUT2D eigenvalue weighted by Gasteiger charge is -2.04. The van der Waals surface area contributed by atoms with Crippen molar-refractivity contribution in [2.24, 2.45) is 0 Å². The molecule has 3 aromatic carbocycles. The summed E-state index contributed by atoms with van der Waals surface area (Å²) in [6.45, 7) is 5.43. The van der Waals surface area contributed by atoms with Crippen molar-refractivity contribution < 1.29 is 35.5 Å². The molecule has 40 heavy (non-hydrogen) atoms. The van der Waals surface area contributed by atoms with Gasteiger partial charge in [-0.25, -0.2) is 4.79 Å². The SMILES string of the molecule is Cc1ccc(S(=O)(=O)O)cc1.Cc1ccc(S(=O)(=O)O)cc1.O=C(OCc1ccccc1)n1cc2c(n1)CNC2. The molecule has 3 N–H and O–H groups in total. The highest BCUT2D eigenvalue weighted by atomic mass is 32.2. The Morgan fingerprint density at radius 1 is 0.825 bits per heavy atom. The topological polar surface area (TPSA) is 165 Å². The van der Waals surface area contributed by atoms with Crippen molar-refractivity contribution in [1.29, 1.82) is 0 Å². The van der Waals surface area contributed by atoms with Crippen molar-refractivity contribution in [2.75, 3.05) is 0 Å². The molecule has 0 saturated heterocycles. The summed E-state index contributed by atoms with van der Waals surface area (Å²) in [6, 6.07) is 21.6. The summed E-state index contributed by atoms with van der Waals surface area (Å²) in [5, 5.41) is 7.35. The monoisotopic (exact) mass is 587 g/mol. The third kappa shape index (κ3) is 9.39. The zero-order valence-electron chi connectivity index (χ0n) is 21.8. The summed E-state index contributed by atoms with van der Waals surface area (Å²) >= 11 is 0. The molecule has 1 aliphatic rings. The molecule has 1 aromatic heterocycles. The van der Waals surface area contributed by atoms with Gasteiger partial charge >= 0.3 is 6.09 Å². The van der Waals surface area contributed by atoms with E-state index in [4.69, 9.17) is 13.8 Å². The highest BCUT2D eigenvalue weighted by Gasteiger charge is 2.18. The molecule has 0 saturated carbocycles. The first-order valence-corrected chi connectivity index (χ1v) is 14.8. The predicted octanol–water partition coefficient (Wildman–Crippen LogP) is 4.15. The fraction of sp³-hybridized carbons (Fsp3) is 0.185. The van der Waals surface area contributed by atoms with Crippen LogP contribution in [0.4, 0.5) is 4.79 Å². The zero-order valence-corrected chi connectivity index (χ0v) is 23.4. The second-order valence-electron chi connectivity index (χ2n) is 8.77. The van der Waals surface area contributed by atoms with Crippen LogP contribution < -0.4 is 5.32 Å². The average Bonchev–Trinajstić information content (AvgIpc) is 3.51. The van der Waals surface area contributed by atoms with Crippen LogP contribution in [0.2, 0.25) is 0 Å². The maximum absolute atomic E-state index is 11.8. The van der Waals surface area contributed by atoms with E-state index in [0.29, 0.717) is 6.54 Å².